The number of rotatable bonds is 8. The second-order valence-electron chi connectivity index (χ2n) is 8.71. The zero-order valence-corrected chi connectivity index (χ0v) is 17.4. The molecule has 0 unspecified atom stereocenters. The van der Waals surface area contributed by atoms with Gasteiger partial charge in [-0.05, 0) is 82.6 Å². The second kappa shape index (κ2) is 7.35. The van der Waals surface area contributed by atoms with E-state index in [2.05, 4.69) is 36.3 Å². The fourth-order valence-corrected chi connectivity index (χ4v) is 4.65. The number of amides is 4. The third-order valence-electron chi connectivity index (χ3n) is 6.35. The fourth-order valence-electron chi connectivity index (χ4n) is 4.65. The van der Waals surface area contributed by atoms with E-state index in [0.29, 0.717) is 11.7 Å². The van der Waals surface area contributed by atoms with Gasteiger partial charge in [-0.25, -0.2) is 4.79 Å². The third-order valence-corrected chi connectivity index (χ3v) is 6.35. The van der Waals surface area contributed by atoms with Crippen LogP contribution in [0.2, 0.25) is 0 Å². The van der Waals surface area contributed by atoms with Crippen molar-refractivity contribution in [3.8, 4) is 0 Å². The number of hydrogen-bond acceptors (Lipinski definition) is 4. The van der Waals surface area contributed by atoms with Gasteiger partial charge in [0.15, 0.2) is 0 Å². The molecule has 3 fully saturated rings. The molecule has 29 heavy (non-hydrogen) atoms. The number of nitrogens with one attached hydrogen (secondary N) is 2. The Labute approximate surface area is 171 Å². The van der Waals surface area contributed by atoms with Crippen LogP contribution in [0.1, 0.15) is 46.5 Å². The van der Waals surface area contributed by atoms with Crippen molar-refractivity contribution < 1.29 is 14.4 Å². The summed E-state index contributed by atoms with van der Waals surface area (Å²) < 4.78 is 0. The molecule has 4 rings (SSSR count). The number of carbonyl (C=O) groups is 3. The van der Waals surface area contributed by atoms with Crippen molar-refractivity contribution in [1.29, 1.82) is 0 Å². The zero-order valence-electron chi connectivity index (χ0n) is 17.4. The Morgan fingerprint density at radius 2 is 1.76 bits per heavy atom. The van der Waals surface area contributed by atoms with Crippen molar-refractivity contribution in [2.45, 2.75) is 58.0 Å². The Kier molecular flexibility index (Phi) is 5.00. The van der Waals surface area contributed by atoms with Crippen molar-refractivity contribution in [2.75, 3.05) is 23.3 Å². The van der Waals surface area contributed by atoms with Crippen molar-refractivity contribution in [1.82, 2.24) is 10.2 Å². The predicted octanol–water partition coefficient (Wildman–Crippen LogP) is 2.97. The highest BCUT2D eigenvalue weighted by molar-refractivity contribution is 6.10. The molecule has 0 bridgehead atoms. The average molecular weight is 399 g/mol. The third kappa shape index (κ3) is 3.58. The largest absolute Gasteiger partial charge is 0.369 e. The van der Waals surface area contributed by atoms with E-state index in [1.165, 1.54) is 0 Å². The summed E-state index contributed by atoms with van der Waals surface area (Å²) in [5, 5.41) is 5.76. The molecule has 2 N–H and O–H groups in total. The molecule has 2 aliphatic carbocycles. The first-order valence-corrected chi connectivity index (χ1v) is 10.7. The minimum Gasteiger partial charge on any atom is -0.369 e. The molecule has 0 spiro atoms. The van der Waals surface area contributed by atoms with Crippen LogP contribution < -0.4 is 15.5 Å². The van der Waals surface area contributed by atoms with Crippen LogP contribution in [0.15, 0.2) is 24.3 Å². The highest BCUT2D eigenvalue weighted by atomic mass is 16.2. The molecule has 1 aromatic rings. The SMILES string of the molecule is CCN(c1ccc(NC(=O)CN2C(=O)NC(C3CC3)(C3CC3)C2=O)cc1)C(C)C. The lowest BCUT2D eigenvalue weighted by Crippen LogP contribution is -2.51. The van der Waals surface area contributed by atoms with Gasteiger partial charge >= 0.3 is 6.03 Å². The Balaban J connectivity index is 1.40. The van der Waals surface area contributed by atoms with Crippen LogP contribution in [-0.2, 0) is 9.59 Å². The zero-order chi connectivity index (χ0) is 20.8. The number of urea groups is 1. The molecule has 7 heteroatoms. The first-order chi connectivity index (χ1) is 13.9. The summed E-state index contributed by atoms with van der Waals surface area (Å²) in [6.45, 7) is 7.04. The van der Waals surface area contributed by atoms with E-state index in [1.54, 1.807) is 0 Å². The van der Waals surface area contributed by atoms with Gasteiger partial charge in [-0.2, -0.15) is 0 Å². The number of nitrogens with zero attached hydrogens (tertiary/aromatic N) is 2. The quantitative estimate of drug-likeness (QED) is 0.660. The summed E-state index contributed by atoms with van der Waals surface area (Å²) in [6, 6.07) is 7.59. The second-order valence-corrected chi connectivity index (χ2v) is 8.71. The predicted molar refractivity (Wildman–Crippen MR) is 112 cm³/mol. The molecule has 1 aliphatic heterocycles. The summed E-state index contributed by atoms with van der Waals surface area (Å²) in [4.78, 5) is 41.4. The molecule has 156 valence electrons. The highest BCUT2D eigenvalue weighted by Gasteiger charge is 2.65. The smallest absolute Gasteiger partial charge is 0.325 e. The Morgan fingerprint density at radius 1 is 1.17 bits per heavy atom. The first kappa shape index (κ1) is 19.7. The molecule has 0 aromatic heterocycles. The van der Waals surface area contributed by atoms with E-state index in [4.69, 9.17) is 0 Å². The van der Waals surface area contributed by atoms with Crippen LogP contribution in [0.25, 0.3) is 0 Å². The van der Waals surface area contributed by atoms with E-state index in [-0.39, 0.29) is 30.2 Å². The number of hydrogen-bond donors (Lipinski definition) is 2. The van der Waals surface area contributed by atoms with Gasteiger partial charge in [0, 0.05) is 24.0 Å². The van der Waals surface area contributed by atoms with E-state index >= 15 is 0 Å². The Bertz CT molecular complexity index is 800. The number of anilines is 2. The maximum absolute atomic E-state index is 13.1. The van der Waals surface area contributed by atoms with Gasteiger partial charge in [-0.3, -0.25) is 14.5 Å². The van der Waals surface area contributed by atoms with Crippen LogP contribution in [0, 0.1) is 11.8 Å². The summed E-state index contributed by atoms with van der Waals surface area (Å²) in [5.74, 6) is -0.114. The Morgan fingerprint density at radius 3 is 2.24 bits per heavy atom. The fraction of sp³-hybridized carbons (Fsp3) is 0.591. The maximum Gasteiger partial charge on any atom is 0.325 e. The van der Waals surface area contributed by atoms with Crippen molar-refractivity contribution in [2.24, 2.45) is 11.8 Å². The lowest BCUT2D eigenvalue weighted by molar-refractivity contribution is -0.135. The van der Waals surface area contributed by atoms with E-state index in [1.807, 2.05) is 24.3 Å². The summed E-state index contributed by atoms with van der Waals surface area (Å²) in [5.41, 5.74) is 0.994. The molecule has 0 radical (unpaired) electrons. The molecule has 7 nitrogen and oxygen atoms in total. The molecule has 1 saturated heterocycles. The van der Waals surface area contributed by atoms with Gasteiger partial charge in [-0.1, -0.05) is 0 Å². The topological polar surface area (TPSA) is 81.8 Å². The molecular weight excluding hydrogens is 368 g/mol. The molecule has 3 aliphatic rings. The van der Waals surface area contributed by atoms with E-state index in [9.17, 15) is 14.4 Å². The molecule has 0 atom stereocenters. The van der Waals surface area contributed by atoms with Gasteiger partial charge in [0.2, 0.25) is 5.91 Å². The summed E-state index contributed by atoms with van der Waals surface area (Å²) >= 11 is 0. The van der Waals surface area contributed by atoms with Crippen molar-refractivity contribution in [3.63, 3.8) is 0 Å². The molecule has 4 amide bonds. The van der Waals surface area contributed by atoms with Gasteiger partial charge in [0.25, 0.3) is 5.91 Å². The standard InChI is InChI=1S/C22H30N4O3/c1-4-25(14(2)3)18-11-9-17(10-12-18)23-19(27)13-26-20(28)22(15-5-6-15,16-7-8-16)24-21(26)29/h9-12,14-16H,4-8,13H2,1-3H3,(H,23,27)(H,24,29). The minimum atomic E-state index is -0.751. The maximum atomic E-state index is 13.1. The molecular formula is C22H30N4O3. The van der Waals surface area contributed by atoms with Crippen LogP contribution >= 0.6 is 0 Å². The van der Waals surface area contributed by atoms with Crippen LogP contribution in [-0.4, -0.2) is 47.4 Å². The van der Waals surface area contributed by atoms with Crippen LogP contribution in [0.3, 0.4) is 0 Å². The van der Waals surface area contributed by atoms with Crippen molar-refractivity contribution >= 4 is 29.2 Å². The van der Waals surface area contributed by atoms with Crippen LogP contribution in [0.4, 0.5) is 16.2 Å². The number of carbonyl (C=O) groups excluding carboxylic acids is 3. The van der Waals surface area contributed by atoms with Crippen molar-refractivity contribution in [3.05, 3.63) is 24.3 Å². The molecule has 1 heterocycles. The van der Waals surface area contributed by atoms with Gasteiger partial charge in [-0.15, -0.1) is 0 Å². The number of imide groups is 1. The lowest BCUT2D eigenvalue weighted by atomic mass is 9.87. The normalized spacial score (nSPS) is 20.8. The van der Waals surface area contributed by atoms with Crippen LogP contribution in [0.5, 0.6) is 0 Å². The molecule has 2 saturated carbocycles. The van der Waals surface area contributed by atoms with E-state index in [0.717, 1.165) is 42.8 Å². The highest BCUT2D eigenvalue weighted by Crippen LogP contribution is 2.54. The monoisotopic (exact) mass is 398 g/mol. The summed E-state index contributed by atoms with van der Waals surface area (Å²) in [7, 11) is 0. The Hall–Kier alpha value is -2.57. The summed E-state index contributed by atoms with van der Waals surface area (Å²) in [6.07, 6.45) is 3.89. The molecule has 1 aromatic carbocycles. The lowest BCUT2D eigenvalue weighted by Gasteiger charge is -2.27. The average Bonchev–Trinajstić information content (AvgIpc) is 3.58. The van der Waals surface area contributed by atoms with Gasteiger partial charge < -0.3 is 15.5 Å². The first-order valence-electron chi connectivity index (χ1n) is 10.7. The van der Waals surface area contributed by atoms with E-state index < -0.39 is 11.6 Å². The minimum absolute atomic E-state index is 0.214. The van der Waals surface area contributed by atoms with Gasteiger partial charge in [0.1, 0.15) is 12.1 Å². The van der Waals surface area contributed by atoms with Gasteiger partial charge in [0.05, 0.1) is 0 Å². The number of benzene rings is 1.